The van der Waals surface area contributed by atoms with Crippen LogP contribution in [-0.4, -0.2) is 60.3 Å². The van der Waals surface area contributed by atoms with Gasteiger partial charge in [-0.15, -0.1) is 0 Å². The Balaban J connectivity index is -0.00000000667. The minimum absolute atomic E-state index is 0. The second-order valence-electron chi connectivity index (χ2n) is 0.0833. The first-order valence-corrected chi connectivity index (χ1v) is 1.22. The van der Waals surface area contributed by atoms with Crippen LogP contribution in [0.4, 0.5) is 0 Å². The van der Waals surface area contributed by atoms with Crippen molar-refractivity contribution in [2.75, 3.05) is 0 Å². The average molecular weight is 222 g/mol. The van der Waals surface area contributed by atoms with Crippen LogP contribution >= 0.6 is 0 Å². The van der Waals surface area contributed by atoms with Crippen LogP contribution in [0.3, 0.4) is 0 Å². The summed E-state index contributed by atoms with van der Waals surface area (Å²) in [6.45, 7) is 0. The fourth-order valence-corrected chi connectivity index (χ4v) is 0. The normalized spacial score (nSPS) is 1.33. The zero-order valence-corrected chi connectivity index (χ0v) is 10.1. The van der Waals surface area contributed by atoms with Crippen molar-refractivity contribution in [3.63, 3.8) is 0 Å². The van der Waals surface area contributed by atoms with E-state index in [1.54, 1.807) is 0 Å². The zero-order valence-electron chi connectivity index (χ0n) is 3.12. The van der Waals surface area contributed by atoms with Crippen molar-refractivity contribution < 1.29 is 31.5 Å². The quantitative estimate of drug-likeness (QED) is 0.471. The zero-order chi connectivity index (χ0) is 2.71. The van der Waals surface area contributed by atoms with Crippen LogP contribution < -0.4 is 0 Å². The molecule has 6 heteroatoms. The van der Waals surface area contributed by atoms with Crippen molar-refractivity contribution in [1.82, 2.24) is 0 Å². The maximum atomic E-state index is 8.40. The third-order valence-electron chi connectivity index (χ3n) is 0. The van der Waals surface area contributed by atoms with Gasteiger partial charge in [-0.1, -0.05) is 0 Å². The minimum atomic E-state index is -1.42. The summed E-state index contributed by atoms with van der Waals surface area (Å²) in [7, 11) is -1.42. The monoisotopic (exact) mass is 222 g/mol. The first-order chi connectivity index (χ1) is 1.41. The van der Waals surface area contributed by atoms with Crippen molar-refractivity contribution >= 4 is 54.8 Å². The van der Waals surface area contributed by atoms with E-state index in [1.807, 2.05) is 0 Å². The van der Waals surface area contributed by atoms with Crippen LogP contribution in [-0.2, 0) is 26.0 Å². The summed E-state index contributed by atoms with van der Waals surface area (Å²) in [5.41, 5.74) is 0. The van der Waals surface area contributed by atoms with Crippen LogP contribution in [0, 0.1) is 0 Å². The third-order valence-corrected chi connectivity index (χ3v) is 0. The molecular weight excluding hydrogens is 220 g/mol. The molecule has 0 saturated carbocycles. The fourth-order valence-electron chi connectivity index (χ4n) is 0. The van der Waals surface area contributed by atoms with E-state index in [0.717, 1.165) is 0 Å². The first kappa shape index (κ1) is 25.0. The van der Waals surface area contributed by atoms with Crippen molar-refractivity contribution in [2.24, 2.45) is 0 Å². The van der Waals surface area contributed by atoms with Gasteiger partial charge < -0.3 is 5.48 Å². The Morgan fingerprint density at radius 3 is 1.17 bits per heavy atom. The molecule has 0 atom stereocenters. The van der Waals surface area contributed by atoms with Gasteiger partial charge in [-0.3, -0.25) is 8.92 Å². The Labute approximate surface area is 84.9 Å². The van der Waals surface area contributed by atoms with Crippen LogP contribution in [0.1, 0.15) is 0 Å². The Morgan fingerprint density at radius 1 is 1.17 bits per heavy atom. The topological polar surface area (TPSA) is 64.1 Å². The van der Waals surface area contributed by atoms with Crippen LogP contribution in [0.2, 0.25) is 0 Å². The Bertz CT molecular complexity index is 31.8. The Kier molecular flexibility index (Phi) is 122. The molecule has 0 aliphatic carbocycles. The molecule has 0 fully saturated rings. The molecule has 34 valence electrons. The third kappa shape index (κ3) is 41.8. The molecule has 0 radical (unpaired) electrons. The SMILES string of the molecule is O=[Si]=O.[Fe].[OH-].[SrH+]. The van der Waals surface area contributed by atoms with E-state index >= 15 is 0 Å². The van der Waals surface area contributed by atoms with Gasteiger partial charge in [-0.25, -0.2) is 0 Å². The molecule has 0 aliphatic rings. The van der Waals surface area contributed by atoms with Gasteiger partial charge in [0.05, 0.1) is 0 Å². The standard InChI is InChI=1S/Fe.O2Si.H2O.Sr.H/c;1-3-2;;;/h;;1H2;;/q;;;+1;/p-1. The molecule has 0 bridgehead atoms. The maximum absolute atomic E-state index is 8.40. The summed E-state index contributed by atoms with van der Waals surface area (Å²) < 4.78 is 16.8. The van der Waals surface area contributed by atoms with Gasteiger partial charge in [0, 0.05) is 17.1 Å². The van der Waals surface area contributed by atoms with Crippen molar-refractivity contribution in [1.29, 1.82) is 0 Å². The number of hydrogen-bond acceptors (Lipinski definition) is 3. The van der Waals surface area contributed by atoms with Crippen molar-refractivity contribution in [2.45, 2.75) is 0 Å². The van der Waals surface area contributed by atoms with Gasteiger partial charge in [0.25, 0.3) is 0 Å². The Morgan fingerprint density at radius 2 is 1.17 bits per heavy atom. The van der Waals surface area contributed by atoms with Gasteiger partial charge in [-0.2, -0.15) is 0 Å². The second kappa shape index (κ2) is 29.3. The predicted octanol–water partition coefficient (Wildman–Crippen LogP) is -1.45. The summed E-state index contributed by atoms with van der Waals surface area (Å²) in [6.07, 6.45) is 0. The Hall–Kier alpha value is 1.78. The molecule has 0 saturated heterocycles. The van der Waals surface area contributed by atoms with Crippen molar-refractivity contribution in [3.8, 4) is 0 Å². The van der Waals surface area contributed by atoms with Crippen molar-refractivity contribution in [3.05, 3.63) is 0 Å². The van der Waals surface area contributed by atoms with Gasteiger partial charge in [0.2, 0.25) is 0 Å². The van der Waals surface area contributed by atoms with E-state index in [0.29, 0.717) is 0 Å². The van der Waals surface area contributed by atoms with E-state index in [1.165, 1.54) is 0 Å². The molecule has 0 aromatic carbocycles. The first-order valence-electron chi connectivity index (χ1n) is 0.408. The summed E-state index contributed by atoms with van der Waals surface area (Å²) in [4.78, 5) is 0. The molecule has 0 spiro atoms. The van der Waals surface area contributed by atoms with Gasteiger partial charge in [-0.05, 0) is 0 Å². The molecule has 0 unspecified atom stereocenters. The molecule has 6 heavy (non-hydrogen) atoms. The van der Waals surface area contributed by atoms with E-state index < -0.39 is 9.29 Å². The molecule has 1 N–H and O–H groups in total. The number of rotatable bonds is 0. The van der Waals surface area contributed by atoms with Crippen LogP contribution in [0.5, 0.6) is 0 Å². The van der Waals surface area contributed by atoms with Crippen LogP contribution in [0.15, 0.2) is 0 Å². The number of hydrogen-bond donors (Lipinski definition) is 0. The molecule has 0 aromatic rings. The van der Waals surface area contributed by atoms with E-state index in [9.17, 15) is 0 Å². The van der Waals surface area contributed by atoms with Gasteiger partial charge in [0.15, 0.2) is 0 Å². The fraction of sp³-hybridized carbons (Fsp3) is 0. The van der Waals surface area contributed by atoms with Gasteiger partial charge in [0.1, 0.15) is 0 Å². The van der Waals surface area contributed by atoms with E-state index in [-0.39, 0.29) is 68.0 Å². The average Bonchev–Trinajstić information content (AvgIpc) is 0.918. The summed E-state index contributed by atoms with van der Waals surface area (Å²) in [5, 5.41) is 0. The van der Waals surface area contributed by atoms with E-state index in [4.69, 9.17) is 8.92 Å². The summed E-state index contributed by atoms with van der Waals surface area (Å²) >= 11 is 0. The summed E-state index contributed by atoms with van der Waals surface area (Å²) in [5.74, 6) is 0. The van der Waals surface area contributed by atoms with E-state index in [2.05, 4.69) is 0 Å². The molecule has 0 heterocycles. The molecular formula is H2FeO3SiSr. The molecule has 0 aromatic heterocycles. The van der Waals surface area contributed by atoms with Crippen LogP contribution in [0.25, 0.3) is 0 Å². The molecule has 3 nitrogen and oxygen atoms in total. The molecule has 0 aliphatic heterocycles. The second-order valence-corrected chi connectivity index (χ2v) is 0.250. The molecule has 0 rings (SSSR count). The predicted molar refractivity (Wildman–Crippen MR) is 16.2 cm³/mol. The van der Waals surface area contributed by atoms with Gasteiger partial charge >= 0.3 is 54.8 Å². The molecule has 0 amide bonds. The summed E-state index contributed by atoms with van der Waals surface area (Å²) in [6, 6.07) is 0.